The largest absolute Gasteiger partial charge is 0.397 e. The highest BCUT2D eigenvalue weighted by molar-refractivity contribution is 7.99. The number of carbonyl (C=O) groups is 1. The molecule has 18 heavy (non-hydrogen) atoms. The van der Waals surface area contributed by atoms with Crippen LogP contribution in [-0.4, -0.2) is 10.9 Å². The normalized spacial score (nSPS) is 10.3. The van der Waals surface area contributed by atoms with Crippen LogP contribution in [0.2, 0.25) is 0 Å². The van der Waals surface area contributed by atoms with Gasteiger partial charge in [-0.05, 0) is 24.3 Å². The number of hydrogen-bond donors (Lipinski definition) is 2. The number of hydrogen-bond acceptors (Lipinski definition) is 4. The predicted molar refractivity (Wildman–Crippen MR) is 67.7 cm³/mol. The predicted octanol–water partition coefficient (Wildman–Crippen LogP) is 2.05. The molecule has 0 unspecified atom stereocenters. The summed E-state index contributed by atoms with van der Waals surface area (Å²) in [6, 6.07) is 9.21. The molecule has 0 spiro atoms. The second-order valence-corrected chi connectivity index (χ2v) is 4.52. The van der Waals surface area contributed by atoms with Crippen LogP contribution in [0.15, 0.2) is 46.3 Å². The summed E-state index contributed by atoms with van der Waals surface area (Å²) in [6.07, 6.45) is 0. The van der Waals surface area contributed by atoms with E-state index in [4.69, 9.17) is 11.5 Å². The van der Waals surface area contributed by atoms with Gasteiger partial charge in [-0.25, -0.2) is 9.37 Å². The number of rotatable bonds is 3. The molecule has 1 aromatic carbocycles. The van der Waals surface area contributed by atoms with Gasteiger partial charge in [0.1, 0.15) is 16.5 Å². The van der Waals surface area contributed by atoms with Crippen LogP contribution in [-0.2, 0) is 0 Å². The van der Waals surface area contributed by atoms with Crippen LogP contribution in [0, 0.1) is 5.82 Å². The van der Waals surface area contributed by atoms with E-state index in [-0.39, 0.29) is 11.5 Å². The molecule has 2 aromatic rings. The van der Waals surface area contributed by atoms with Crippen LogP contribution >= 0.6 is 11.8 Å². The molecule has 1 amide bonds. The average molecular weight is 263 g/mol. The zero-order chi connectivity index (χ0) is 13.1. The van der Waals surface area contributed by atoms with Gasteiger partial charge in [0.15, 0.2) is 0 Å². The average Bonchev–Trinajstić information content (AvgIpc) is 2.34. The van der Waals surface area contributed by atoms with Crippen molar-refractivity contribution in [2.24, 2.45) is 5.73 Å². The first-order valence-corrected chi connectivity index (χ1v) is 5.88. The minimum atomic E-state index is -0.648. The fraction of sp³-hybridized carbons (Fsp3) is 0. The Morgan fingerprint density at radius 3 is 2.61 bits per heavy atom. The summed E-state index contributed by atoms with van der Waals surface area (Å²) in [5.74, 6) is -1.02. The highest BCUT2D eigenvalue weighted by atomic mass is 32.2. The van der Waals surface area contributed by atoms with Crippen LogP contribution < -0.4 is 11.5 Å². The third-order valence-corrected chi connectivity index (χ3v) is 3.26. The Labute approximate surface area is 107 Å². The van der Waals surface area contributed by atoms with Crippen molar-refractivity contribution in [2.75, 3.05) is 5.73 Å². The number of anilines is 1. The molecule has 0 saturated carbocycles. The van der Waals surface area contributed by atoms with Crippen LogP contribution in [0.25, 0.3) is 0 Å². The van der Waals surface area contributed by atoms with E-state index in [2.05, 4.69) is 4.98 Å². The van der Waals surface area contributed by atoms with E-state index in [0.29, 0.717) is 15.6 Å². The summed E-state index contributed by atoms with van der Waals surface area (Å²) in [5.41, 5.74) is 11.3. The number of nitrogen functional groups attached to an aromatic ring is 1. The molecule has 0 aliphatic carbocycles. The van der Waals surface area contributed by atoms with Crippen molar-refractivity contribution in [2.45, 2.75) is 9.92 Å². The number of aromatic nitrogens is 1. The number of primary amides is 1. The number of amides is 1. The topological polar surface area (TPSA) is 82.0 Å². The minimum absolute atomic E-state index is 0.100. The molecule has 4 nitrogen and oxygen atoms in total. The van der Waals surface area contributed by atoms with E-state index in [0.717, 1.165) is 11.8 Å². The Kier molecular flexibility index (Phi) is 3.47. The number of halogens is 1. The smallest absolute Gasteiger partial charge is 0.267 e. The second kappa shape index (κ2) is 5.05. The molecule has 1 aromatic heterocycles. The van der Waals surface area contributed by atoms with Gasteiger partial charge in [-0.2, -0.15) is 0 Å². The maximum absolute atomic E-state index is 13.5. The first-order valence-electron chi connectivity index (χ1n) is 5.06. The van der Waals surface area contributed by atoms with Crippen molar-refractivity contribution in [3.63, 3.8) is 0 Å². The molecule has 0 radical (unpaired) electrons. The van der Waals surface area contributed by atoms with Gasteiger partial charge in [-0.3, -0.25) is 4.79 Å². The van der Waals surface area contributed by atoms with Crippen LogP contribution in [0.5, 0.6) is 0 Å². The standard InChI is InChI=1S/C12H10FN3OS/c13-7-3-1-2-4-10(7)18-12-8(14)5-6-9(16-12)11(15)17/h1-6H,14H2,(H2,15,17). The van der Waals surface area contributed by atoms with Gasteiger partial charge in [0, 0.05) is 4.90 Å². The monoisotopic (exact) mass is 263 g/mol. The van der Waals surface area contributed by atoms with E-state index in [9.17, 15) is 9.18 Å². The van der Waals surface area contributed by atoms with Gasteiger partial charge >= 0.3 is 0 Å². The molecule has 0 bridgehead atoms. The van der Waals surface area contributed by atoms with Gasteiger partial charge in [0.2, 0.25) is 0 Å². The lowest BCUT2D eigenvalue weighted by molar-refractivity contribution is 0.0995. The Bertz CT molecular complexity index is 604. The molecule has 92 valence electrons. The summed E-state index contributed by atoms with van der Waals surface area (Å²) < 4.78 is 13.5. The lowest BCUT2D eigenvalue weighted by Crippen LogP contribution is -2.13. The van der Waals surface area contributed by atoms with Gasteiger partial charge in [0.05, 0.1) is 5.69 Å². The minimum Gasteiger partial charge on any atom is -0.397 e. The lowest BCUT2D eigenvalue weighted by atomic mass is 10.3. The van der Waals surface area contributed by atoms with Crippen LogP contribution in [0.3, 0.4) is 0 Å². The Morgan fingerprint density at radius 1 is 1.22 bits per heavy atom. The van der Waals surface area contributed by atoms with E-state index >= 15 is 0 Å². The van der Waals surface area contributed by atoms with Crippen molar-refractivity contribution in [1.29, 1.82) is 0 Å². The molecule has 6 heteroatoms. The van der Waals surface area contributed by atoms with Crippen molar-refractivity contribution >= 4 is 23.4 Å². The molecule has 2 rings (SSSR count). The summed E-state index contributed by atoms with van der Waals surface area (Å²) in [7, 11) is 0. The number of nitrogens with zero attached hydrogens (tertiary/aromatic N) is 1. The Balaban J connectivity index is 2.37. The molecule has 4 N–H and O–H groups in total. The summed E-state index contributed by atoms with van der Waals surface area (Å²) in [6.45, 7) is 0. The third kappa shape index (κ3) is 2.60. The maximum Gasteiger partial charge on any atom is 0.267 e. The molecule has 0 atom stereocenters. The SMILES string of the molecule is NC(=O)c1ccc(N)c(Sc2ccccc2F)n1. The van der Waals surface area contributed by atoms with Gasteiger partial charge in [-0.1, -0.05) is 23.9 Å². The van der Waals surface area contributed by atoms with Crippen molar-refractivity contribution in [3.05, 3.63) is 47.9 Å². The van der Waals surface area contributed by atoms with Crippen molar-refractivity contribution in [3.8, 4) is 0 Å². The molecule has 1 heterocycles. The van der Waals surface area contributed by atoms with E-state index in [1.54, 1.807) is 18.2 Å². The van der Waals surface area contributed by atoms with Gasteiger partial charge in [-0.15, -0.1) is 0 Å². The molecule has 0 fully saturated rings. The maximum atomic E-state index is 13.5. The molecule has 0 aliphatic heterocycles. The summed E-state index contributed by atoms with van der Waals surface area (Å²) in [5, 5.41) is 0.358. The van der Waals surface area contributed by atoms with E-state index in [1.807, 2.05) is 0 Å². The summed E-state index contributed by atoms with van der Waals surface area (Å²) in [4.78, 5) is 15.4. The highest BCUT2D eigenvalue weighted by Gasteiger charge is 2.10. The zero-order valence-electron chi connectivity index (χ0n) is 9.26. The fourth-order valence-corrected chi connectivity index (χ4v) is 2.15. The van der Waals surface area contributed by atoms with Crippen molar-refractivity contribution < 1.29 is 9.18 Å². The first-order chi connectivity index (χ1) is 8.58. The molecule has 0 saturated heterocycles. The van der Waals surface area contributed by atoms with Crippen LogP contribution in [0.1, 0.15) is 10.5 Å². The zero-order valence-corrected chi connectivity index (χ0v) is 10.1. The third-order valence-electron chi connectivity index (χ3n) is 2.19. The quantitative estimate of drug-likeness (QED) is 0.888. The highest BCUT2D eigenvalue weighted by Crippen LogP contribution is 2.31. The van der Waals surface area contributed by atoms with E-state index < -0.39 is 5.91 Å². The van der Waals surface area contributed by atoms with E-state index in [1.165, 1.54) is 18.2 Å². The fourth-order valence-electron chi connectivity index (χ4n) is 1.30. The van der Waals surface area contributed by atoms with Crippen molar-refractivity contribution in [1.82, 2.24) is 4.98 Å². The van der Waals surface area contributed by atoms with Gasteiger partial charge in [0.25, 0.3) is 5.91 Å². The molecular formula is C12H10FN3OS. The molecular weight excluding hydrogens is 253 g/mol. The first kappa shape index (κ1) is 12.4. The number of pyridine rings is 1. The second-order valence-electron chi connectivity index (χ2n) is 3.49. The molecule has 0 aliphatic rings. The number of nitrogens with two attached hydrogens (primary N) is 2. The Hall–Kier alpha value is -2.08. The number of carbonyl (C=O) groups excluding carboxylic acids is 1. The van der Waals surface area contributed by atoms with Gasteiger partial charge < -0.3 is 11.5 Å². The number of benzene rings is 1. The Morgan fingerprint density at radius 2 is 1.94 bits per heavy atom. The lowest BCUT2D eigenvalue weighted by Gasteiger charge is -2.06. The summed E-state index contributed by atoms with van der Waals surface area (Å²) >= 11 is 1.05. The van der Waals surface area contributed by atoms with Crippen LogP contribution in [0.4, 0.5) is 10.1 Å².